The van der Waals surface area contributed by atoms with E-state index in [4.69, 9.17) is 11.6 Å². The van der Waals surface area contributed by atoms with Gasteiger partial charge in [0.05, 0.1) is 0 Å². The molecule has 1 aliphatic carbocycles. The highest BCUT2D eigenvalue weighted by molar-refractivity contribution is 6.30. The van der Waals surface area contributed by atoms with E-state index in [-0.39, 0.29) is 0 Å². The first-order chi connectivity index (χ1) is 8.28. The first kappa shape index (κ1) is 12.2. The Kier molecular flexibility index (Phi) is 4.26. The number of benzene rings is 1. The van der Waals surface area contributed by atoms with Gasteiger partial charge in [-0.25, -0.2) is 0 Å². The van der Waals surface area contributed by atoms with Gasteiger partial charge in [-0.2, -0.15) is 0 Å². The molecule has 0 unspecified atom stereocenters. The van der Waals surface area contributed by atoms with Crippen molar-refractivity contribution >= 4 is 17.6 Å². The van der Waals surface area contributed by atoms with E-state index >= 15 is 0 Å². The molecule has 0 aromatic heterocycles. The maximum Gasteiger partial charge on any atom is 0.191 e. The summed E-state index contributed by atoms with van der Waals surface area (Å²) in [4.78, 5) is 4.19. The highest BCUT2D eigenvalue weighted by Crippen LogP contribution is 2.27. The number of rotatable bonds is 4. The minimum atomic E-state index is 0.765. The predicted octanol–water partition coefficient (Wildman–Crippen LogP) is 2.42. The molecule has 0 saturated heterocycles. The molecule has 0 radical (unpaired) electrons. The van der Waals surface area contributed by atoms with Crippen LogP contribution in [-0.2, 0) is 6.54 Å². The van der Waals surface area contributed by atoms with Crippen LogP contribution in [0.2, 0.25) is 5.02 Å². The molecule has 4 heteroatoms. The normalized spacial score (nSPS) is 15.8. The molecule has 0 aliphatic heterocycles. The Labute approximate surface area is 107 Å². The van der Waals surface area contributed by atoms with E-state index in [1.807, 2.05) is 24.3 Å². The van der Waals surface area contributed by atoms with Gasteiger partial charge in [-0.1, -0.05) is 23.7 Å². The molecule has 1 aliphatic rings. The zero-order chi connectivity index (χ0) is 12.1. The Morgan fingerprint density at radius 3 is 2.59 bits per heavy atom. The molecule has 0 heterocycles. The molecule has 92 valence electrons. The summed E-state index contributed by atoms with van der Waals surface area (Å²) in [5, 5.41) is 7.38. The summed E-state index contributed by atoms with van der Waals surface area (Å²) in [7, 11) is 1.80. The fourth-order valence-electron chi connectivity index (χ4n) is 1.57. The maximum absolute atomic E-state index is 5.84. The van der Waals surface area contributed by atoms with Crippen LogP contribution in [0.5, 0.6) is 0 Å². The molecule has 1 aromatic carbocycles. The van der Waals surface area contributed by atoms with Gasteiger partial charge in [0, 0.05) is 25.2 Å². The van der Waals surface area contributed by atoms with E-state index in [1.165, 1.54) is 18.4 Å². The number of hydrogen-bond acceptors (Lipinski definition) is 1. The van der Waals surface area contributed by atoms with Gasteiger partial charge in [0.1, 0.15) is 0 Å². The summed E-state index contributed by atoms with van der Waals surface area (Å²) < 4.78 is 0. The fourth-order valence-corrected chi connectivity index (χ4v) is 1.70. The van der Waals surface area contributed by atoms with Crippen molar-refractivity contribution < 1.29 is 0 Å². The van der Waals surface area contributed by atoms with Crippen LogP contribution in [0.1, 0.15) is 18.4 Å². The monoisotopic (exact) mass is 251 g/mol. The third kappa shape index (κ3) is 4.27. The minimum Gasteiger partial charge on any atom is -0.356 e. The SMILES string of the molecule is CN=C(NCc1ccc(Cl)cc1)NCC1CC1. The lowest BCUT2D eigenvalue weighted by atomic mass is 10.2. The Bertz CT molecular complexity index is 382. The summed E-state index contributed by atoms with van der Waals surface area (Å²) >= 11 is 5.84. The van der Waals surface area contributed by atoms with Crippen LogP contribution in [0.3, 0.4) is 0 Å². The quantitative estimate of drug-likeness (QED) is 0.637. The third-order valence-electron chi connectivity index (χ3n) is 2.85. The molecule has 0 bridgehead atoms. The summed E-state index contributed by atoms with van der Waals surface area (Å²) in [6.45, 7) is 1.79. The van der Waals surface area contributed by atoms with Gasteiger partial charge in [-0.05, 0) is 36.5 Å². The van der Waals surface area contributed by atoms with Crippen molar-refractivity contribution in [2.24, 2.45) is 10.9 Å². The summed E-state index contributed by atoms with van der Waals surface area (Å²) in [5.74, 6) is 1.72. The van der Waals surface area contributed by atoms with Crippen LogP contribution >= 0.6 is 11.6 Å². The Morgan fingerprint density at radius 2 is 2.00 bits per heavy atom. The Balaban J connectivity index is 1.76. The predicted molar refractivity (Wildman–Crippen MR) is 72.4 cm³/mol. The van der Waals surface area contributed by atoms with Crippen LogP contribution < -0.4 is 10.6 Å². The summed E-state index contributed by atoms with van der Waals surface area (Å²) in [6.07, 6.45) is 2.70. The molecule has 1 fully saturated rings. The van der Waals surface area contributed by atoms with E-state index in [9.17, 15) is 0 Å². The van der Waals surface area contributed by atoms with Crippen LogP contribution in [-0.4, -0.2) is 19.6 Å². The molecule has 0 spiro atoms. The summed E-state index contributed by atoms with van der Waals surface area (Å²) in [6, 6.07) is 7.84. The number of aliphatic imine (C=N–C) groups is 1. The second-order valence-electron chi connectivity index (χ2n) is 4.38. The molecule has 1 aromatic rings. The minimum absolute atomic E-state index is 0.765. The topological polar surface area (TPSA) is 36.4 Å². The molecule has 2 N–H and O–H groups in total. The van der Waals surface area contributed by atoms with Gasteiger partial charge >= 0.3 is 0 Å². The number of nitrogens with one attached hydrogen (secondary N) is 2. The van der Waals surface area contributed by atoms with Crippen molar-refractivity contribution in [1.82, 2.24) is 10.6 Å². The number of nitrogens with zero attached hydrogens (tertiary/aromatic N) is 1. The van der Waals surface area contributed by atoms with Crippen LogP contribution in [0.4, 0.5) is 0 Å². The molecule has 2 rings (SSSR count). The van der Waals surface area contributed by atoms with Crippen LogP contribution in [0.15, 0.2) is 29.3 Å². The van der Waals surface area contributed by atoms with Crippen molar-refractivity contribution in [3.05, 3.63) is 34.9 Å². The van der Waals surface area contributed by atoms with Crippen LogP contribution in [0, 0.1) is 5.92 Å². The smallest absolute Gasteiger partial charge is 0.191 e. The molecule has 1 saturated carbocycles. The van der Waals surface area contributed by atoms with Gasteiger partial charge < -0.3 is 10.6 Å². The molecule has 17 heavy (non-hydrogen) atoms. The second kappa shape index (κ2) is 5.92. The molecule has 0 atom stereocenters. The number of halogens is 1. The van der Waals surface area contributed by atoms with Gasteiger partial charge in [0.25, 0.3) is 0 Å². The lowest BCUT2D eigenvalue weighted by molar-refractivity contribution is 0.737. The van der Waals surface area contributed by atoms with Crippen molar-refractivity contribution in [3.8, 4) is 0 Å². The molecule has 0 amide bonds. The van der Waals surface area contributed by atoms with Crippen molar-refractivity contribution in [1.29, 1.82) is 0 Å². The number of hydrogen-bond donors (Lipinski definition) is 2. The average molecular weight is 252 g/mol. The third-order valence-corrected chi connectivity index (χ3v) is 3.10. The Hall–Kier alpha value is -1.22. The lowest BCUT2D eigenvalue weighted by Gasteiger charge is -2.11. The van der Waals surface area contributed by atoms with Gasteiger partial charge in [0.2, 0.25) is 0 Å². The van der Waals surface area contributed by atoms with E-state index in [0.29, 0.717) is 0 Å². The van der Waals surface area contributed by atoms with Gasteiger partial charge in [-0.15, -0.1) is 0 Å². The van der Waals surface area contributed by atoms with Gasteiger partial charge in [-0.3, -0.25) is 4.99 Å². The fraction of sp³-hybridized carbons (Fsp3) is 0.462. The van der Waals surface area contributed by atoms with Crippen LogP contribution in [0.25, 0.3) is 0 Å². The zero-order valence-corrected chi connectivity index (χ0v) is 10.8. The average Bonchev–Trinajstić information content (AvgIpc) is 3.15. The first-order valence-electron chi connectivity index (χ1n) is 5.97. The largest absolute Gasteiger partial charge is 0.356 e. The lowest BCUT2D eigenvalue weighted by Crippen LogP contribution is -2.37. The molecular formula is C13H18ClN3. The van der Waals surface area contributed by atoms with E-state index in [0.717, 1.165) is 30.0 Å². The van der Waals surface area contributed by atoms with Gasteiger partial charge in [0.15, 0.2) is 5.96 Å². The highest BCUT2D eigenvalue weighted by atomic mass is 35.5. The molecular weight excluding hydrogens is 234 g/mol. The second-order valence-corrected chi connectivity index (χ2v) is 4.81. The highest BCUT2D eigenvalue weighted by Gasteiger charge is 2.20. The van der Waals surface area contributed by atoms with Crippen molar-refractivity contribution in [3.63, 3.8) is 0 Å². The first-order valence-corrected chi connectivity index (χ1v) is 6.34. The Morgan fingerprint density at radius 1 is 1.29 bits per heavy atom. The maximum atomic E-state index is 5.84. The van der Waals surface area contributed by atoms with E-state index in [1.54, 1.807) is 7.05 Å². The number of guanidine groups is 1. The van der Waals surface area contributed by atoms with E-state index < -0.39 is 0 Å². The standard InChI is InChI=1S/C13H18ClN3/c1-15-13(16-8-10-2-3-10)17-9-11-4-6-12(14)7-5-11/h4-7,10H,2-3,8-9H2,1H3,(H2,15,16,17). The summed E-state index contributed by atoms with van der Waals surface area (Å²) in [5.41, 5.74) is 1.20. The zero-order valence-electron chi connectivity index (χ0n) is 10.0. The van der Waals surface area contributed by atoms with Crippen molar-refractivity contribution in [2.45, 2.75) is 19.4 Å². The van der Waals surface area contributed by atoms with Crippen molar-refractivity contribution in [2.75, 3.05) is 13.6 Å². The molecule has 3 nitrogen and oxygen atoms in total. The van der Waals surface area contributed by atoms with E-state index in [2.05, 4.69) is 15.6 Å².